The number of pyridine rings is 1. The monoisotopic (exact) mass is 522 g/mol. The molecule has 6 nitrogen and oxygen atoms in total. The summed E-state index contributed by atoms with van der Waals surface area (Å²) < 4.78 is 30.6. The molecule has 0 radical (unpaired) electrons. The third-order valence-corrected chi connectivity index (χ3v) is 6.36. The van der Waals surface area contributed by atoms with Crippen LogP contribution in [-0.4, -0.2) is 26.6 Å². The molecular formula is C28H21ClF2N2O4. The lowest BCUT2D eigenvalue weighted by Crippen LogP contribution is -2.18. The molecule has 1 aromatic heterocycles. The van der Waals surface area contributed by atoms with E-state index in [1.165, 1.54) is 41.1 Å². The van der Waals surface area contributed by atoms with Crippen LogP contribution >= 0.6 is 11.6 Å². The predicted octanol–water partition coefficient (Wildman–Crippen LogP) is 6.08. The Morgan fingerprint density at radius 3 is 2.27 bits per heavy atom. The van der Waals surface area contributed by atoms with Gasteiger partial charge in [-0.05, 0) is 52.6 Å². The Labute approximate surface area is 215 Å². The molecule has 0 saturated carbocycles. The van der Waals surface area contributed by atoms with Gasteiger partial charge in [0.05, 0.1) is 11.3 Å². The molecule has 0 spiro atoms. The second-order valence-corrected chi connectivity index (χ2v) is 8.89. The summed E-state index contributed by atoms with van der Waals surface area (Å²) in [6.07, 6.45) is 1.62. The first-order chi connectivity index (χ1) is 17.7. The van der Waals surface area contributed by atoms with E-state index in [2.05, 4.69) is 5.16 Å². The van der Waals surface area contributed by atoms with Crippen molar-refractivity contribution in [1.29, 1.82) is 0 Å². The normalized spacial score (nSPS) is 12.4. The Bertz CT molecular complexity index is 1570. The molecule has 9 heteroatoms. The van der Waals surface area contributed by atoms with Crippen LogP contribution in [0, 0.1) is 11.6 Å². The van der Waals surface area contributed by atoms with Gasteiger partial charge in [0.15, 0.2) is 0 Å². The SMILES string of the molecule is Cn1cc(/C(C[C@H](c2ccc(-c3ccc(C(=O)O)c(F)c3)cc2)c2ccc(Cl)cc2F)=N/O)ccc1=O. The number of aromatic nitrogens is 1. The van der Waals surface area contributed by atoms with Gasteiger partial charge in [-0.2, -0.15) is 0 Å². The molecule has 0 aliphatic carbocycles. The van der Waals surface area contributed by atoms with Gasteiger partial charge in [-0.1, -0.05) is 53.2 Å². The molecule has 3 aromatic carbocycles. The molecule has 1 atom stereocenters. The van der Waals surface area contributed by atoms with Crippen molar-refractivity contribution < 1.29 is 23.9 Å². The van der Waals surface area contributed by atoms with Crippen LogP contribution in [0.1, 0.15) is 39.4 Å². The second kappa shape index (κ2) is 10.8. The average Bonchev–Trinajstić information content (AvgIpc) is 2.87. The highest BCUT2D eigenvalue weighted by atomic mass is 35.5. The van der Waals surface area contributed by atoms with Crippen molar-refractivity contribution in [3.63, 3.8) is 0 Å². The topological polar surface area (TPSA) is 91.9 Å². The number of nitrogens with zero attached hydrogens (tertiary/aromatic N) is 2. The summed E-state index contributed by atoms with van der Waals surface area (Å²) in [7, 11) is 1.57. The molecule has 4 rings (SSSR count). The maximum atomic E-state index is 15.0. The fourth-order valence-electron chi connectivity index (χ4n) is 4.14. The maximum absolute atomic E-state index is 15.0. The van der Waals surface area contributed by atoms with Gasteiger partial charge in [-0.3, -0.25) is 4.79 Å². The number of hydrogen-bond donors (Lipinski definition) is 2. The van der Waals surface area contributed by atoms with E-state index in [-0.39, 0.29) is 22.7 Å². The summed E-state index contributed by atoms with van der Waals surface area (Å²) in [5.74, 6) is -3.34. The lowest BCUT2D eigenvalue weighted by molar-refractivity contribution is 0.0692. The summed E-state index contributed by atoms with van der Waals surface area (Å²) in [5, 5.41) is 22.5. The van der Waals surface area contributed by atoms with E-state index in [9.17, 15) is 19.2 Å². The number of rotatable bonds is 7. The molecule has 4 aromatic rings. The molecule has 0 saturated heterocycles. The van der Waals surface area contributed by atoms with Crippen molar-refractivity contribution in [2.24, 2.45) is 12.2 Å². The van der Waals surface area contributed by atoms with Crippen LogP contribution in [0.5, 0.6) is 0 Å². The molecule has 0 aliphatic heterocycles. The van der Waals surface area contributed by atoms with Gasteiger partial charge in [0.25, 0.3) is 0 Å². The first-order valence-electron chi connectivity index (χ1n) is 11.1. The van der Waals surface area contributed by atoms with Gasteiger partial charge >= 0.3 is 5.97 Å². The molecule has 2 N–H and O–H groups in total. The van der Waals surface area contributed by atoms with Crippen molar-refractivity contribution in [2.45, 2.75) is 12.3 Å². The molecule has 188 valence electrons. The van der Waals surface area contributed by atoms with E-state index in [1.807, 2.05) is 0 Å². The van der Waals surface area contributed by atoms with Crippen LogP contribution in [0.3, 0.4) is 0 Å². The predicted molar refractivity (Wildman–Crippen MR) is 137 cm³/mol. The van der Waals surface area contributed by atoms with E-state index in [1.54, 1.807) is 43.4 Å². The first kappa shape index (κ1) is 25.8. The number of aryl methyl sites for hydroxylation is 1. The number of hydrogen-bond acceptors (Lipinski definition) is 4. The van der Waals surface area contributed by atoms with Crippen molar-refractivity contribution >= 4 is 23.3 Å². The molecule has 0 aliphatic rings. The lowest BCUT2D eigenvalue weighted by atomic mass is 9.84. The highest BCUT2D eigenvalue weighted by Crippen LogP contribution is 2.34. The summed E-state index contributed by atoms with van der Waals surface area (Å²) in [6.45, 7) is 0. The van der Waals surface area contributed by atoms with Crippen molar-refractivity contribution in [1.82, 2.24) is 4.57 Å². The highest BCUT2D eigenvalue weighted by molar-refractivity contribution is 6.30. The summed E-state index contributed by atoms with van der Waals surface area (Å²) in [5.41, 5.74) is 2.19. The quantitative estimate of drug-likeness (QED) is 0.175. The zero-order valence-electron chi connectivity index (χ0n) is 19.5. The van der Waals surface area contributed by atoms with Crippen LogP contribution in [0.25, 0.3) is 11.1 Å². The molecule has 0 amide bonds. The van der Waals surface area contributed by atoms with Gasteiger partial charge in [-0.25, -0.2) is 13.6 Å². The molecule has 0 bridgehead atoms. The Morgan fingerprint density at radius 1 is 0.973 bits per heavy atom. The maximum Gasteiger partial charge on any atom is 0.338 e. The lowest BCUT2D eigenvalue weighted by Gasteiger charge is -2.20. The number of carboxylic acid groups (broad SMARTS) is 1. The smallest absolute Gasteiger partial charge is 0.338 e. The van der Waals surface area contributed by atoms with Crippen molar-refractivity contribution in [3.05, 3.63) is 128 Å². The fraction of sp³-hybridized carbons (Fsp3) is 0.107. The van der Waals surface area contributed by atoms with Crippen LogP contribution < -0.4 is 5.56 Å². The summed E-state index contributed by atoms with van der Waals surface area (Å²) >= 11 is 5.96. The van der Waals surface area contributed by atoms with Gasteiger partial charge in [0.2, 0.25) is 5.56 Å². The average molecular weight is 523 g/mol. The summed E-state index contributed by atoms with van der Waals surface area (Å²) in [4.78, 5) is 22.9. The number of aromatic carboxylic acids is 1. The number of carboxylic acids is 1. The minimum absolute atomic E-state index is 0.0918. The van der Waals surface area contributed by atoms with Gasteiger partial charge in [0, 0.05) is 42.2 Å². The van der Waals surface area contributed by atoms with E-state index >= 15 is 4.39 Å². The zero-order valence-corrected chi connectivity index (χ0v) is 20.3. The van der Waals surface area contributed by atoms with E-state index in [0.29, 0.717) is 27.8 Å². The molecular weight excluding hydrogens is 502 g/mol. The van der Waals surface area contributed by atoms with Crippen LogP contribution in [0.15, 0.2) is 88.9 Å². The number of carbonyl (C=O) groups is 1. The highest BCUT2D eigenvalue weighted by Gasteiger charge is 2.22. The third kappa shape index (κ3) is 5.59. The third-order valence-electron chi connectivity index (χ3n) is 6.12. The van der Waals surface area contributed by atoms with E-state index < -0.39 is 29.1 Å². The van der Waals surface area contributed by atoms with Gasteiger partial charge < -0.3 is 14.9 Å². The van der Waals surface area contributed by atoms with Crippen LogP contribution in [0.2, 0.25) is 5.02 Å². The minimum Gasteiger partial charge on any atom is -0.478 e. The Morgan fingerprint density at radius 2 is 1.68 bits per heavy atom. The van der Waals surface area contributed by atoms with Crippen molar-refractivity contribution in [3.8, 4) is 11.1 Å². The first-order valence-corrected chi connectivity index (χ1v) is 11.5. The number of oxime groups is 1. The van der Waals surface area contributed by atoms with Crippen molar-refractivity contribution in [2.75, 3.05) is 0 Å². The van der Waals surface area contributed by atoms with Crippen LogP contribution in [-0.2, 0) is 7.05 Å². The standard InChI is InChI=1S/C28H21ClF2N2O4/c1-33-15-19(7-11-27(33)34)26(32-37)14-23(21-10-8-20(29)13-25(21)31)17-4-2-16(3-5-17)18-6-9-22(28(35)36)24(30)12-18/h2-13,15,23,37H,14H2,1H3,(H,35,36)/b32-26+/t23-/m1/s1. The fourth-order valence-corrected chi connectivity index (χ4v) is 4.30. The number of halogens is 3. The summed E-state index contributed by atoms with van der Waals surface area (Å²) in [6, 6.07) is 18.0. The Balaban J connectivity index is 1.74. The molecule has 0 unspecified atom stereocenters. The van der Waals surface area contributed by atoms with E-state index in [4.69, 9.17) is 16.7 Å². The van der Waals surface area contributed by atoms with E-state index in [0.717, 1.165) is 6.07 Å². The minimum atomic E-state index is -1.35. The van der Waals surface area contributed by atoms with Crippen LogP contribution in [0.4, 0.5) is 8.78 Å². The largest absolute Gasteiger partial charge is 0.478 e. The Hall–Kier alpha value is -4.30. The Kier molecular flexibility index (Phi) is 7.50. The van der Waals surface area contributed by atoms with Gasteiger partial charge in [0.1, 0.15) is 11.6 Å². The zero-order chi connectivity index (χ0) is 26.7. The molecule has 1 heterocycles. The number of benzene rings is 3. The second-order valence-electron chi connectivity index (χ2n) is 8.46. The molecule has 0 fully saturated rings. The molecule has 37 heavy (non-hydrogen) atoms. The van der Waals surface area contributed by atoms with Gasteiger partial charge in [-0.15, -0.1) is 0 Å².